The molecule has 0 atom stereocenters. The van der Waals surface area contributed by atoms with E-state index in [-0.39, 0.29) is 0 Å². The molecular weight excluding hydrogens is 543 g/mol. The summed E-state index contributed by atoms with van der Waals surface area (Å²) in [6, 6.07) is 54.3. The van der Waals surface area contributed by atoms with Crippen molar-refractivity contribution in [1.82, 2.24) is 0 Å². The summed E-state index contributed by atoms with van der Waals surface area (Å²) < 4.78 is 8.95. The third-order valence-corrected chi connectivity index (χ3v) is 9.60. The summed E-state index contributed by atoms with van der Waals surface area (Å²) in [6.45, 7) is 0. The van der Waals surface area contributed by atoms with Crippen molar-refractivity contribution in [1.29, 1.82) is 0 Å². The molecule has 9 rings (SSSR count). The lowest BCUT2D eigenvalue weighted by Gasteiger charge is -2.27. The number of anilines is 3. The zero-order valence-corrected chi connectivity index (χ0v) is 24.0. The molecule has 0 saturated carbocycles. The van der Waals surface area contributed by atoms with E-state index in [1.165, 1.54) is 42.1 Å². The molecule has 0 fully saturated rings. The summed E-state index contributed by atoms with van der Waals surface area (Å²) in [6.07, 6.45) is 0. The van der Waals surface area contributed by atoms with Crippen molar-refractivity contribution in [2.45, 2.75) is 0 Å². The standard InChI is InChI=1S/C40H25NOS/c1-2-14-30-26(10-1)11-8-17-31(30)27-12-7-13-28(24-27)41(29-22-23-39-34(25-29)32-15-4-6-21-38(32)43-39)35-18-9-20-37-40(35)33-16-3-5-19-36(33)42-37/h1-25H. The zero-order valence-electron chi connectivity index (χ0n) is 23.2. The largest absolute Gasteiger partial charge is 0.456 e. The van der Waals surface area contributed by atoms with E-state index in [1.54, 1.807) is 0 Å². The molecule has 0 aliphatic heterocycles. The average molecular weight is 568 g/mol. The molecule has 43 heavy (non-hydrogen) atoms. The number of hydrogen-bond acceptors (Lipinski definition) is 3. The predicted octanol–water partition coefficient (Wildman–Crippen LogP) is 12.2. The molecule has 0 bridgehead atoms. The van der Waals surface area contributed by atoms with Crippen molar-refractivity contribution < 1.29 is 4.42 Å². The Bertz CT molecular complexity index is 2480. The first-order chi connectivity index (χ1) is 21.3. The molecule has 2 aromatic heterocycles. The second-order valence-electron chi connectivity index (χ2n) is 10.9. The molecule has 0 saturated heterocycles. The Morgan fingerprint density at radius 2 is 1.16 bits per heavy atom. The second kappa shape index (κ2) is 9.59. The van der Waals surface area contributed by atoms with Gasteiger partial charge in [0.1, 0.15) is 11.2 Å². The van der Waals surface area contributed by atoms with Crippen molar-refractivity contribution in [3.8, 4) is 11.1 Å². The number of fused-ring (bicyclic) bond motifs is 7. The minimum absolute atomic E-state index is 0.885. The maximum Gasteiger partial charge on any atom is 0.137 e. The van der Waals surface area contributed by atoms with Crippen LogP contribution in [0.25, 0.3) is 64.0 Å². The van der Waals surface area contributed by atoms with E-state index in [4.69, 9.17) is 4.42 Å². The highest BCUT2D eigenvalue weighted by Gasteiger charge is 2.20. The van der Waals surface area contributed by atoms with Crippen molar-refractivity contribution in [3.05, 3.63) is 152 Å². The lowest BCUT2D eigenvalue weighted by atomic mass is 9.97. The number of benzene rings is 7. The summed E-state index contributed by atoms with van der Waals surface area (Å²) in [5.41, 5.74) is 7.50. The fourth-order valence-electron chi connectivity index (χ4n) is 6.51. The molecule has 2 heterocycles. The van der Waals surface area contributed by atoms with Crippen LogP contribution in [0.3, 0.4) is 0 Å². The van der Waals surface area contributed by atoms with E-state index in [2.05, 4.69) is 144 Å². The Labute approximate surface area is 252 Å². The fourth-order valence-corrected chi connectivity index (χ4v) is 7.60. The first-order valence-electron chi connectivity index (χ1n) is 14.5. The second-order valence-corrected chi connectivity index (χ2v) is 12.0. The van der Waals surface area contributed by atoms with Gasteiger partial charge in [-0.2, -0.15) is 0 Å². The maximum atomic E-state index is 6.35. The van der Waals surface area contributed by atoms with E-state index >= 15 is 0 Å². The number of hydrogen-bond donors (Lipinski definition) is 0. The van der Waals surface area contributed by atoms with Gasteiger partial charge in [0, 0.05) is 36.9 Å². The highest BCUT2D eigenvalue weighted by molar-refractivity contribution is 7.25. The third kappa shape index (κ3) is 3.86. The first-order valence-corrected chi connectivity index (χ1v) is 15.3. The molecule has 0 N–H and O–H groups in total. The summed E-state index contributed by atoms with van der Waals surface area (Å²) in [5.74, 6) is 0. The number of nitrogens with zero attached hydrogens (tertiary/aromatic N) is 1. The van der Waals surface area contributed by atoms with Crippen LogP contribution in [0.1, 0.15) is 0 Å². The van der Waals surface area contributed by atoms with E-state index in [1.807, 2.05) is 23.5 Å². The van der Waals surface area contributed by atoms with Crippen LogP contribution in [0.15, 0.2) is 156 Å². The summed E-state index contributed by atoms with van der Waals surface area (Å²) in [4.78, 5) is 2.39. The molecular formula is C40H25NOS. The van der Waals surface area contributed by atoms with Crippen LogP contribution < -0.4 is 4.90 Å². The molecule has 202 valence electrons. The molecule has 0 spiro atoms. The number of thiophene rings is 1. The van der Waals surface area contributed by atoms with Gasteiger partial charge in [-0.1, -0.05) is 97.1 Å². The predicted molar refractivity (Wildman–Crippen MR) is 184 cm³/mol. The van der Waals surface area contributed by atoms with Crippen LogP contribution in [-0.4, -0.2) is 0 Å². The Kier molecular flexibility index (Phi) is 5.40. The fraction of sp³-hybridized carbons (Fsp3) is 0. The van der Waals surface area contributed by atoms with Crippen molar-refractivity contribution in [2.24, 2.45) is 0 Å². The van der Waals surface area contributed by atoms with E-state index in [0.717, 1.165) is 39.0 Å². The Morgan fingerprint density at radius 1 is 0.465 bits per heavy atom. The van der Waals surface area contributed by atoms with Gasteiger partial charge in [0.15, 0.2) is 0 Å². The minimum atomic E-state index is 0.885. The van der Waals surface area contributed by atoms with E-state index in [9.17, 15) is 0 Å². The molecule has 0 aliphatic carbocycles. The molecule has 7 aromatic carbocycles. The molecule has 2 nitrogen and oxygen atoms in total. The Hall–Kier alpha value is -5.38. The van der Waals surface area contributed by atoms with Crippen LogP contribution >= 0.6 is 11.3 Å². The number of furan rings is 1. The minimum Gasteiger partial charge on any atom is -0.456 e. The first kappa shape index (κ1) is 24.2. The van der Waals surface area contributed by atoms with Crippen LogP contribution in [0.5, 0.6) is 0 Å². The third-order valence-electron chi connectivity index (χ3n) is 8.44. The topological polar surface area (TPSA) is 16.4 Å². The van der Waals surface area contributed by atoms with E-state index in [0.29, 0.717) is 0 Å². The maximum absolute atomic E-state index is 6.35. The monoisotopic (exact) mass is 567 g/mol. The summed E-state index contributed by atoms with van der Waals surface area (Å²) in [5, 5.41) is 7.29. The number of rotatable bonds is 4. The van der Waals surface area contributed by atoms with Gasteiger partial charge in [-0.05, 0) is 76.5 Å². The molecule has 0 aliphatic rings. The Morgan fingerprint density at radius 3 is 2.12 bits per heavy atom. The lowest BCUT2D eigenvalue weighted by molar-refractivity contribution is 0.669. The highest BCUT2D eigenvalue weighted by Crippen LogP contribution is 2.45. The van der Waals surface area contributed by atoms with E-state index < -0.39 is 0 Å². The van der Waals surface area contributed by atoms with Crippen LogP contribution in [0.2, 0.25) is 0 Å². The zero-order chi connectivity index (χ0) is 28.3. The van der Waals surface area contributed by atoms with Gasteiger partial charge in [0.2, 0.25) is 0 Å². The molecule has 3 heteroatoms. The van der Waals surface area contributed by atoms with Crippen LogP contribution in [0.4, 0.5) is 17.1 Å². The quantitative estimate of drug-likeness (QED) is 0.210. The smallest absolute Gasteiger partial charge is 0.137 e. The lowest BCUT2D eigenvalue weighted by Crippen LogP contribution is -2.10. The van der Waals surface area contributed by atoms with Gasteiger partial charge in [0.25, 0.3) is 0 Å². The SMILES string of the molecule is c1cc(-c2cccc3ccccc23)cc(N(c2ccc3sc4ccccc4c3c2)c2cccc3oc4ccccc4c23)c1. The van der Waals surface area contributed by atoms with Gasteiger partial charge < -0.3 is 9.32 Å². The van der Waals surface area contributed by atoms with Crippen molar-refractivity contribution in [3.63, 3.8) is 0 Å². The molecule has 0 unspecified atom stereocenters. The van der Waals surface area contributed by atoms with Gasteiger partial charge in [0.05, 0.1) is 11.1 Å². The van der Waals surface area contributed by atoms with Crippen LogP contribution in [-0.2, 0) is 0 Å². The summed E-state index contributed by atoms with van der Waals surface area (Å²) >= 11 is 1.85. The Balaban J connectivity index is 1.33. The highest BCUT2D eigenvalue weighted by atomic mass is 32.1. The van der Waals surface area contributed by atoms with Gasteiger partial charge in [-0.25, -0.2) is 0 Å². The molecule has 0 amide bonds. The van der Waals surface area contributed by atoms with Gasteiger partial charge in [-0.3, -0.25) is 0 Å². The van der Waals surface area contributed by atoms with Crippen molar-refractivity contribution in [2.75, 3.05) is 4.90 Å². The molecule has 9 aromatic rings. The average Bonchev–Trinajstić information content (AvgIpc) is 3.63. The van der Waals surface area contributed by atoms with Crippen LogP contribution in [0, 0.1) is 0 Å². The summed E-state index contributed by atoms with van der Waals surface area (Å²) in [7, 11) is 0. The molecule has 0 radical (unpaired) electrons. The van der Waals surface area contributed by atoms with Gasteiger partial charge >= 0.3 is 0 Å². The normalized spacial score (nSPS) is 11.7. The van der Waals surface area contributed by atoms with Crippen molar-refractivity contribution >= 4 is 81.3 Å². The van der Waals surface area contributed by atoms with Gasteiger partial charge in [-0.15, -0.1) is 11.3 Å². The number of para-hydroxylation sites is 1.